The van der Waals surface area contributed by atoms with Gasteiger partial charge in [-0.1, -0.05) is 91.0 Å². The van der Waals surface area contributed by atoms with Crippen molar-refractivity contribution in [3.63, 3.8) is 0 Å². The number of hydrogen-bond donors (Lipinski definition) is 4. The van der Waals surface area contributed by atoms with Crippen molar-refractivity contribution in [3.8, 4) is 0 Å². The van der Waals surface area contributed by atoms with E-state index in [-0.39, 0.29) is 25.4 Å². The van der Waals surface area contributed by atoms with Crippen LogP contribution in [-0.4, -0.2) is 39.9 Å². The van der Waals surface area contributed by atoms with Crippen LogP contribution in [0.25, 0.3) is 0 Å². The molecule has 5 N–H and O–H groups in total. The highest BCUT2D eigenvalue weighted by Gasteiger charge is 2.35. The number of carbonyl (C=O) groups excluding carboxylic acids is 1. The summed E-state index contributed by atoms with van der Waals surface area (Å²) in [5.41, 5.74) is 8.74. The van der Waals surface area contributed by atoms with Gasteiger partial charge in [-0.15, -0.1) is 0 Å². The van der Waals surface area contributed by atoms with Crippen LogP contribution in [0, 0.1) is 5.92 Å². The number of nitrogens with two attached hydrogens (primary N) is 1. The van der Waals surface area contributed by atoms with E-state index in [1.54, 1.807) is 0 Å². The average Bonchev–Trinajstić information content (AvgIpc) is 2.85. The smallest absolute Gasteiger partial charge is 0.305 e. The molecule has 0 fully saturated rings. The number of carbonyl (C=O) groups is 2. The predicted molar refractivity (Wildman–Crippen MR) is 141 cm³/mol. The third-order valence-electron chi connectivity index (χ3n) is 6.08. The van der Waals surface area contributed by atoms with Gasteiger partial charge >= 0.3 is 5.97 Å². The summed E-state index contributed by atoms with van der Waals surface area (Å²) in [5, 5.41) is 12.2. The molecule has 0 aliphatic heterocycles. The Balaban J connectivity index is 1.78. The molecular weight excluding hydrogens is 475 g/mol. The Morgan fingerprint density at radius 1 is 0.778 bits per heavy atom. The predicted octanol–water partition coefficient (Wildman–Crippen LogP) is 3.85. The van der Waals surface area contributed by atoms with Crippen LogP contribution in [0.5, 0.6) is 0 Å². The van der Waals surface area contributed by atoms with Crippen LogP contribution >= 0.6 is 7.37 Å². The van der Waals surface area contributed by atoms with Crippen LogP contribution < -0.4 is 11.1 Å². The maximum absolute atomic E-state index is 13.4. The van der Waals surface area contributed by atoms with Gasteiger partial charge in [-0.05, 0) is 36.0 Å². The number of carboxylic acids is 1. The van der Waals surface area contributed by atoms with E-state index in [1.807, 2.05) is 91.0 Å². The Labute approximate surface area is 211 Å². The van der Waals surface area contributed by atoms with Crippen molar-refractivity contribution in [1.82, 2.24) is 5.32 Å². The topological polar surface area (TPSA) is 130 Å². The van der Waals surface area contributed by atoms with E-state index in [0.717, 1.165) is 16.7 Å². The summed E-state index contributed by atoms with van der Waals surface area (Å²) in [7, 11) is -3.93. The van der Waals surface area contributed by atoms with Gasteiger partial charge in [0.15, 0.2) is 0 Å². The summed E-state index contributed by atoms with van der Waals surface area (Å²) in [6, 6.07) is 27.1. The third kappa shape index (κ3) is 8.76. The number of aliphatic carboxylic acids is 1. The lowest BCUT2D eigenvalue weighted by atomic mass is 9.98. The zero-order chi connectivity index (χ0) is 26.0. The van der Waals surface area contributed by atoms with Crippen molar-refractivity contribution in [2.45, 2.75) is 37.5 Å². The molecule has 0 saturated carbocycles. The lowest BCUT2D eigenvalue weighted by Crippen LogP contribution is -2.43. The van der Waals surface area contributed by atoms with E-state index >= 15 is 0 Å². The molecule has 36 heavy (non-hydrogen) atoms. The van der Waals surface area contributed by atoms with Gasteiger partial charge in [0.05, 0.1) is 18.1 Å². The number of nitrogens with one attached hydrogen (secondary N) is 1. The summed E-state index contributed by atoms with van der Waals surface area (Å²) in [6.45, 7) is 0. The third-order valence-corrected chi connectivity index (χ3v) is 8.26. The van der Waals surface area contributed by atoms with Crippen molar-refractivity contribution in [2.24, 2.45) is 11.7 Å². The molecule has 3 aromatic rings. The SMILES string of the molecule is N[C@H](Cc1ccccc1)P(=O)(O)CC(Cc1ccccc1)C(=O)NC(CC(=O)O)Cc1ccccc1. The molecule has 3 unspecified atom stereocenters. The van der Waals surface area contributed by atoms with Gasteiger partial charge in [-0.25, -0.2) is 0 Å². The fourth-order valence-corrected chi connectivity index (χ4v) is 5.88. The quantitative estimate of drug-likeness (QED) is 0.260. The maximum Gasteiger partial charge on any atom is 0.305 e. The number of amides is 1. The van der Waals surface area contributed by atoms with Crippen LogP contribution in [0.2, 0.25) is 0 Å². The molecule has 3 aromatic carbocycles. The molecule has 8 heteroatoms. The molecule has 1 amide bonds. The molecular formula is C28H33N2O5P. The number of benzene rings is 3. The van der Waals surface area contributed by atoms with Gasteiger partial charge in [0.1, 0.15) is 0 Å². The van der Waals surface area contributed by atoms with E-state index in [4.69, 9.17) is 5.73 Å². The van der Waals surface area contributed by atoms with Crippen LogP contribution in [0.4, 0.5) is 0 Å². The molecule has 0 spiro atoms. The minimum atomic E-state index is -3.93. The molecule has 4 atom stereocenters. The fourth-order valence-electron chi connectivity index (χ4n) is 4.19. The van der Waals surface area contributed by atoms with E-state index in [1.165, 1.54) is 0 Å². The van der Waals surface area contributed by atoms with Crippen molar-refractivity contribution < 1.29 is 24.2 Å². The lowest BCUT2D eigenvalue weighted by molar-refractivity contribution is -0.137. The van der Waals surface area contributed by atoms with Crippen LogP contribution in [0.3, 0.4) is 0 Å². The largest absolute Gasteiger partial charge is 0.481 e. The van der Waals surface area contributed by atoms with E-state index < -0.39 is 37.0 Å². The maximum atomic E-state index is 13.4. The molecule has 0 aliphatic rings. The summed E-state index contributed by atoms with van der Waals surface area (Å²) in [6.07, 6.45) is 0.224. The normalized spacial score (nSPS) is 15.3. The average molecular weight is 509 g/mol. The van der Waals surface area contributed by atoms with Crippen LogP contribution in [-0.2, 0) is 33.4 Å². The molecule has 0 aromatic heterocycles. The molecule has 3 rings (SSSR count). The lowest BCUT2D eigenvalue weighted by Gasteiger charge is -2.26. The first-order chi connectivity index (χ1) is 17.2. The fraction of sp³-hybridized carbons (Fsp3) is 0.286. The molecule has 0 heterocycles. The minimum absolute atomic E-state index is 0.212. The second-order valence-electron chi connectivity index (χ2n) is 9.08. The Kier molecular flexibility index (Phi) is 10.00. The Morgan fingerprint density at radius 2 is 1.22 bits per heavy atom. The summed E-state index contributed by atoms with van der Waals surface area (Å²) in [4.78, 5) is 35.8. The van der Waals surface area contributed by atoms with Crippen molar-refractivity contribution in [2.75, 3.05) is 6.16 Å². The van der Waals surface area contributed by atoms with Crippen molar-refractivity contribution in [3.05, 3.63) is 108 Å². The van der Waals surface area contributed by atoms with Gasteiger partial charge in [0.25, 0.3) is 0 Å². The van der Waals surface area contributed by atoms with Crippen molar-refractivity contribution in [1.29, 1.82) is 0 Å². The Morgan fingerprint density at radius 3 is 1.69 bits per heavy atom. The van der Waals surface area contributed by atoms with Gasteiger partial charge in [-0.2, -0.15) is 0 Å². The number of hydrogen-bond acceptors (Lipinski definition) is 4. The van der Waals surface area contributed by atoms with Gasteiger partial charge in [-0.3, -0.25) is 14.2 Å². The first-order valence-electron chi connectivity index (χ1n) is 11.9. The van der Waals surface area contributed by atoms with Crippen molar-refractivity contribution >= 4 is 19.2 Å². The highest BCUT2D eigenvalue weighted by Crippen LogP contribution is 2.47. The molecule has 190 valence electrons. The molecule has 7 nitrogen and oxygen atoms in total. The zero-order valence-corrected chi connectivity index (χ0v) is 21.0. The summed E-state index contributed by atoms with van der Waals surface area (Å²) in [5.74, 6) is -3.36. The summed E-state index contributed by atoms with van der Waals surface area (Å²) >= 11 is 0. The van der Waals surface area contributed by atoms with E-state index in [2.05, 4.69) is 5.32 Å². The van der Waals surface area contributed by atoms with Crippen LogP contribution in [0.1, 0.15) is 23.1 Å². The molecule has 0 aliphatic carbocycles. The second-order valence-corrected chi connectivity index (χ2v) is 11.6. The highest BCUT2D eigenvalue weighted by molar-refractivity contribution is 7.58. The van der Waals surface area contributed by atoms with E-state index in [0.29, 0.717) is 6.42 Å². The Hall–Kier alpha value is -3.25. The van der Waals surface area contributed by atoms with Gasteiger partial charge in [0.2, 0.25) is 13.3 Å². The molecule has 0 bridgehead atoms. The molecule has 0 radical (unpaired) electrons. The monoisotopic (exact) mass is 508 g/mol. The number of rotatable bonds is 13. The minimum Gasteiger partial charge on any atom is -0.481 e. The van der Waals surface area contributed by atoms with Gasteiger partial charge in [0, 0.05) is 12.2 Å². The van der Waals surface area contributed by atoms with Gasteiger partial charge < -0.3 is 21.1 Å². The number of carboxylic acid groups (broad SMARTS) is 1. The van der Waals surface area contributed by atoms with Crippen LogP contribution in [0.15, 0.2) is 91.0 Å². The zero-order valence-electron chi connectivity index (χ0n) is 20.1. The highest BCUT2D eigenvalue weighted by atomic mass is 31.2. The Bertz CT molecular complexity index is 1160. The molecule has 0 saturated heterocycles. The summed E-state index contributed by atoms with van der Waals surface area (Å²) < 4.78 is 13.3. The first-order valence-corrected chi connectivity index (χ1v) is 13.9. The first kappa shape index (κ1) is 27.3. The van der Waals surface area contributed by atoms with E-state index in [9.17, 15) is 24.2 Å². The standard InChI is InChI=1S/C28H33N2O5P/c29-26(18-23-14-8-3-9-15-23)36(34,35)20-24(16-21-10-4-1-5-11-21)28(33)30-25(19-27(31)32)17-22-12-6-2-7-13-22/h1-15,24-26H,16-20,29H2,(H,30,33)(H,31,32)(H,34,35)/t24?,25?,26-/m0/s1. The second kappa shape index (κ2) is 13.2.